The number of imidazole rings is 1. The number of benzene rings is 2. The van der Waals surface area contributed by atoms with Crippen molar-refractivity contribution in [3.05, 3.63) is 82.6 Å². The molecule has 1 aromatic heterocycles. The lowest BCUT2D eigenvalue weighted by Crippen LogP contribution is -2.50. The number of para-hydroxylation sites is 1. The minimum atomic E-state index is -0.567. The summed E-state index contributed by atoms with van der Waals surface area (Å²) in [6.45, 7) is 0.659. The Labute approximate surface area is 219 Å². The summed E-state index contributed by atoms with van der Waals surface area (Å²) in [6.07, 6.45) is 7.79. The molecule has 7 nitrogen and oxygen atoms in total. The molecule has 2 aliphatic heterocycles. The summed E-state index contributed by atoms with van der Waals surface area (Å²) in [5.74, 6) is -0.0674. The summed E-state index contributed by atoms with van der Waals surface area (Å²) in [6, 6.07) is 11.8. The standard InChI is InChI=1S/C28H29ClFN5O2/c29-20-15-16(9-10-21(20)30)27(36)34-23-8-4-2-6-18(23)28(37)35-14-11-19-24(26-31-12-13-32-26)33-22-7-3-1-5-17(22)25(19)35/h1,3,5,7,9-10,12-13,15,18-19,23-25,33H,2,4,6,8,11,14H2,(H,31,32)(H,34,36)/t18-,19+,23+,24+,25-/m0/s1. The number of aromatic amines is 1. The second kappa shape index (κ2) is 9.82. The van der Waals surface area contributed by atoms with E-state index in [2.05, 4.69) is 32.7 Å². The van der Waals surface area contributed by atoms with Gasteiger partial charge in [-0.05, 0) is 49.1 Å². The van der Waals surface area contributed by atoms with Gasteiger partial charge in [0.15, 0.2) is 0 Å². The van der Waals surface area contributed by atoms with Crippen molar-refractivity contribution < 1.29 is 14.0 Å². The van der Waals surface area contributed by atoms with Crippen LogP contribution in [0.4, 0.5) is 10.1 Å². The Balaban J connectivity index is 1.26. The third-order valence-electron chi connectivity index (χ3n) is 8.14. The highest BCUT2D eigenvalue weighted by Crippen LogP contribution is 2.51. The lowest BCUT2D eigenvalue weighted by molar-refractivity contribution is -0.138. The highest BCUT2D eigenvalue weighted by atomic mass is 35.5. The summed E-state index contributed by atoms with van der Waals surface area (Å²) in [4.78, 5) is 36.9. The van der Waals surface area contributed by atoms with E-state index in [1.54, 1.807) is 6.20 Å². The third-order valence-corrected chi connectivity index (χ3v) is 8.43. The molecule has 3 N–H and O–H groups in total. The molecular weight excluding hydrogens is 493 g/mol. The summed E-state index contributed by atoms with van der Waals surface area (Å²) in [5, 5.41) is 6.61. The number of likely N-dealkylation sites (tertiary alicyclic amines) is 1. The maximum atomic E-state index is 14.1. The van der Waals surface area contributed by atoms with E-state index >= 15 is 0 Å². The van der Waals surface area contributed by atoms with Gasteiger partial charge in [-0.15, -0.1) is 0 Å². The number of anilines is 1. The molecule has 1 aliphatic carbocycles. The van der Waals surface area contributed by atoms with Crippen molar-refractivity contribution in [2.45, 2.75) is 50.2 Å². The van der Waals surface area contributed by atoms with E-state index in [0.29, 0.717) is 6.54 Å². The number of aromatic nitrogens is 2. The Morgan fingerprint density at radius 1 is 1.11 bits per heavy atom. The zero-order valence-corrected chi connectivity index (χ0v) is 21.0. The second-order valence-corrected chi connectivity index (χ2v) is 10.6. The van der Waals surface area contributed by atoms with Crippen LogP contribution in [0.3, 0.4) is 0 Å². The fourth-order valence-corrected chi connectivity index (χ4v) is 6.57. The Kier molecular flexibility index (Phi) is 6.36. The van der Waals surface area contributed by atoms with Crippen LogP contribution < -0.4 is 10.6 Å². The van der Waals surface area contributed by atoms with Crippen molar-refractivity contribution in [3.63, 3.8) is 0 Å². The number of nitrogens with zero attached hydrogens (tertiary/aromatic N) is 2. The van der Waals surface area contributed by atoms with Crippen LogP contribution in [0.5, 0.6) is 0 Å². The number of rotatable bonds is 4. The lowest BCUT2D eigenvalue weighted by Gasteiger charge is -2.41. The van der Waals surface area contributed by atoms with Gasteiger partial charge < -0.3 is 20.5 Å². The predicted octanol–water partition coefficient (Wildman–Crippen LogP) is 5.25. The van der Waals surface area contributed by atoms with Gasteiger partial charge in [-0.1, -0.05) is 42.6 Å². The van der Waals surface area contributed by atoms with Crippen LogP contribution in [-0.4, -0.2) is 39.3 Å². The Morgan fingerprint density at radius 2 is 1.95 bits per heavy atom. The fourth-order valence-electron chi connectivity index (χ4n) is 6.39. The largest absolute Gasteiger partial charge is 0.375 e. The number of hydrogen-bond donors (Lipinski definition) is 3. The van der Waals surface area contributed by atoms with E-state index in [9.17, 15) is 14.0 Å². The molecule has 6 rings (SSSR count). The zero-order valence-electron chi connectivity index (χ0n) is 20.3. The second-order valence-electron chi connectivity index (χ2n) is 10.2. The van der Waals surface area contributed by atoms with Crippen LogP contribution >= 0.6 is 11.6 Å². The van der Waals surface area contributed by atoms with Crippen molar-refractivity contribution in [2.75, 3.05) is 11.9 Å². The quantitative estimate of drug-likeness (QED) is 0.437. The summed E-state index contributed by atoms with van der Waals surface area (Å²) in [7, 11) is 0. The molecule has 0 spiro atoms. The van der Waals surface area contributed by atoms with Gasteiger partial charge in [-0.2, -0.15) is 0 Å². The summed E-state index contributed by atoms with van der Waals surface area (Å²) < 4.78 is 13.6. The van der Waals surface area contributed by atoms with Crippen LogP contribution in [0.15, 0.2) is 54.9 Å². The molecule has 9 heteroatoms. The van der Waals surface area contributed by atoms with Gasteiger partial charge in [0, 0.05) is 42.1 Å². The number of carbonyl (C=O) groups is 2. The zero-order chi connectivity index (χ0) is 25.5. The van der Waals surface area contributed by atoms with Crippen LogP contribution in [-0.2, 0) is 4.79 Å². The normalized spacial score (nSPS) is 26.6. The van der Waals surface area contributed by atoms with Crippen LogP contribution in [0.2, 0.25) is 5.02 Å². The molecule has 1 saturated heterocycles. The molecule has 3 heterocycles. The average molecular weight is 522 g/mol. The molecule has 2 amide bonds. The van der Waals surface area contributed by atoms with Gasteiger partial charge in [0.05, 0.1) is 23.0 Å². The first-order valence-corrected chi connectivity index (χ1v) is 13.3. The molecule has 5 atom stereocenters. The van der Waals surface area contributed by atoms with Gasteiger partial charge in [0.25, 0.3) is 5.91 Å². The van der Waals surface area contributed by atoms with Gasteiger partial charge in [-0.3, -0.25) is 9.59 Å². The highest BCUT2D eigenvalue weighted by Gasteiger charge is 2.49. The van der Waals surface area contributed by atoms with Gasteiger partial charge in [0.2, 0.25) is 5.91 Å². The first-order valence-electron chi connectivity index (χ1n) is 12.9. The van der Waals surface area contributed by atoms with Gasteiger partial charge in [0.1, 0.15) is 11.6 Å². The molecule has 3 aliphatic rings. The maximum Gasteiger partial charge on any atom is 0.251 e. The van der Waals surface area contributed by atoms with Crippen molar-refractivity contribution in [2.24, 2.45) is 11.8 Å². The molecule has 3 aromatic rings. The molecule has 37 heavy (non-hydrogen) atoms. The number of amides is 2. The van der Waals surface area contributed by atoms with E-state index in [-0.39, 0.29) is 52.4 Å². The van der Waals surface area contributed by atoms with Crippen molar-refractivity contribution in [1.82, 2.24) is 20.2 Å². The van der Waals surface area contributed by atoms with E-state index in [1.165, 1.54) is 18.2 Å². The minimum absolute atomic E-state index is 0.0159. The first kappa shape index (κ1) is 24.0. The third kappa shape index (κ3) is 4.37. The molecule has 192 valence electrons. The molecular formula is C28H29ClFN5O2. The Morgan fingerprint density at radius 3 is 2.76 bits per heavy atom. The minimum Gasteiger partial charge on any atom is -0.375 e. The molecule has 0 bridgehead atoms. The van der Waals surface area contributed by atoms with E-state index < -0.39 is 5.82 Å². The maximum absolute atomic E-state index is 14.1. The molecule has 1 saturated carbocycles. The average Bonchev–Trinajstić information content (AvgIpc) is 3.61. The van der Waals surface area contributed by atoms with Gasteiger partial charge >= 0.3 is 0 Å². The monoisotopic (exact) mass is 521 g/mol. The van der Waals surface area contributed by atoms with Crippen molar-refractivity contribution in [3.8, 4) is 0 Å². The molecule has 0 radical (unpaired) electrons. The van der Waals surface area contributed by atoms with E-state index in [4.69, 9.17) is 11.6 Å². The van der Waals surface area contributed by atoms with Crippen molar-refractivity contribution >= 4 is 29.1 Å². The highest BCUT2D eigenvalue weighted by molar-refractivity contribution is 6.31. The van der Waals surface area contributed by atoms with Crippen LogP contribution in [0.1, 0.15) is 65.9 Å². The van der Waals surface area contributed by atoms with E-state index in [0.717, 1.165) is 49.2 Å². The Bertz CT molecular complexity index is 1320. The Hall–Kier alpha value is -3.39. The number of fused-ring (bicyclic) bond motifs is 3. The van der Waals surface area contributed by atoms with Crippen LogP contribution in [0.25, 0.3) is 0 Å². The number of halogens is 2. The number of H-pyrrole nitrogens is 1. The lowest BCUT2D eigenvalue weighted by atomic mass is 9.80. The molecule has 2 fully saturated rings. The number of nitrogens with one attached hydrogen (secondary N) is 3. The molecule has 2 aromatic carbocycles. The number of hydrogen-bond acceptors (Lipinski definition) is 4. The fraction of sp³-hybridized carbons (Fsp3) is 0.393. The smallest absolute Gasteiger partial charge is 0.251 e. The summed E-state index contributed by atoms with van der Waals surface area (Å²) >= 11 is 5.89. The number of carbonyl (C=O) groups excluding carboxylic acids is 2. The molecule has 0 unspecified atom stereocenters. The predicted molar refractivity (Wildman–Crippen MR) is 139 cm³/mol. The van der Waals surface area contributed by atoms with Crippen LogP contribution in [0, 0.1) is 17.7 Å². The topological polar surface area (TPSA) is 90.1 Å². The summed E-state index contributed by atoms with van der Waals surface area (Å²) in [5.41, 5.74) is 2.43. The van der Waals surface area contributed by atoms with Gasteiger partial charge in [-0.25, -0.2) is 9.37 Å². The SMILES string of the molecule is O=C(N[C@@H]1CCCC[C@@H]1C(=O)N1CC[C@@H]2[C@H](c3ncc[nH]3)Nc3ccccc3[C@@H]21)c1ccc(F)c(Cl)c1. The van der Waals surface area contributed by atoms with E-state index in [1.807, 2.05) is 23.2 Å². The first-order chi connectivity index (χ1) is 18.0. The van der Waals surface area contributed by atoms with Crippen molar-refractivity contribution in [1.29, 1.82) is 0 Å².